The molecule has 0 aliphatic carbocycles. The third-order valence-corrected chi connectivity index (χ3v) is 2.69. The highest BCUT2D eigenvalue weighted by Gasteiger charge is 2.34. The maximum Gasteiger partial charge on any atom is 0.227 e. The molecule has 1 heterocycles. The number of aliphatic hydroxyl groups is 1. The Bertz CT molecular complexity index is 323. The van der Waals surface area contributed by atoms with Gasteiger partial charge in [-0.1, -0.05) is 30.3 Å². The van der Waals surface area contributed by atoms with E-state index in [0.29, 0.717) is 6.54 Å². The second-order valence-electron chi connectivity index (χ2n) is 3.58. The van der Waals surface area contributed by atoms with Crippen LogP contribution in [0.4, 0.5) is 0 Å². The minimum Gasteiger partial charge on any atom is -0.396 e. The molecule has 74 valence electrons. The predicted molar refractivity (Wildman–Crippen MR) is 52.8 cm³/mol. The summed E-state index contributed by atoms with van der Waals surface area (Å²) in [5.74, 6) is -0.138. The first kappa shape index (κ1) is 9.21. The van der Waals surface area contributed by atoms with Crippen molar-refractivity contribution < 1.29 is 9.90 Å². The summed E-state index contributed by atoms with van der Waals surface area (Å²) >= 11 is 0. The van der Waals surface area contributed by atoms with Crippen molar-refractivity contribution in [3.63, 3.8) is 0 Å². The van der Waals surface area contributed by atoms with Crippen LogP contribution in [0.3, 0.4) is 0 Å². The minimum absolute atomic E-state index is 0.0184. The molecule has 1 aromatic rings. The van der Waals surface area contributed by atoms with Crippen LogP contribution >= 0.6 is 0 Å². The van der Waals surface area contributed by atoms with E-state index in [0.717, 1.165) is 5.56 Å². The van der Waals surface area contributed by atoms with Crippen LogP contribution in [0.5, 0.6) is 0 Å². The zero-order valence-electron chi connectivity index (χ0n) is 7.81. The van der Waals surface area contributed by atoms with Gasteiger partial charge in [-0.3, -0.25) is 4.79 Å². The number of carbonyl (C=O) groups is 1. The Morgan fingerprint density at radius 2 is 2.07 bits per heavy atom. The van der Waals surface area contributed by atoms with E-state index in [2.05, 4.69) is 5.32 Å². The zero-order chi connectivity index (χ0) is 9.97. The van der Waals surface area contributed by atoms with Crippen molar-refractivity contribution in [3.05, 3.63) is 35.9 Å². The molecule has 1 aromatic carbocycles. The molecule has 1 fully saturated rings. The summed E-state index contributed by atoms with van der Waals surface area (Å²) < 4.78 is 0. The number of nitrogens with one attached hydrogen (secondary N) is 1. The number of hydrogen-bond donors (Lipinski definition) is 2. The largest absolute Gasteiger partial charge is 0.396 e. The van der Waals surface area contributed by atoms with Gasteiger partial charge >= 0.3 is 0 Å². The van der Waals surface area contributed by atoms with Gasteiger partial charge in [0.15, 0.2) is 0 Å². The molecule has 0 saturated carbocycles. The van der Waals surface area contributed by atoms with Gasteiger partial charge in [-0.25, -0.2) is 0 Å². The van der Waals surface area contributed by atoms with Gasteiger partial charge in [0.1, 0.15) is 0 Å². The number of rotatable bonds is 2. The van der Waals surface area contributed by atoms with Crippen LogP contribution in [0, 0.1) is 5.92 Å². The molecule has 0 bridgehead atoms. The molecule has 2 atom stereocenters. The smallest absolute Gasteiger partial charge is 0.227 e. The number of hydrogen-bond acceptors (Lipinski definition) is 2. The summed E-state index contributed by atoms with van der Waals surface area (Å²) in [5.41, 5.74) is 0.988. The molecule has 2 rings (SSSR count). The Hall–Kier alpha value is -1.35. The van der Waals surface area contributed by atoms with Crippen molar-refractivity contribution >= 4 is 5.91 Å². The monoisotopic (exact) mass is 191 g/mol. The highest BCUT2D eigenvalue weighted by atomic mass is 16.3. The second-order valence-corrected chi connectivity index (χ2v) is 3.58. The van der Waals surface area contributed by atoms with E-state index in [1.807, 2.05) is 30.3 Å². The van der Waals surface area contributed by atoms with Gasteiger partial charge in [0.2, 0.25) is 5.91 Å². The number of aliphatic hydroxyl groups excluding tert-OH is 1. The molecule has 1 amide bonds. The number of amides is 1. The first-order valence-corrected chi connectivity index (χ1v) is 4.76. The van der Waals surface area contributed by atoms with E-state index < -0.39 is 0 Å². The highest BCUT2D eigenvalue weighted by Crippen LogP contribution is 2.28. The Morgan fingerprint density at radius 1 is 1.36 bits per heavy atom. The molecule has 1 saturated heterocycles. The predicted octanol–water partition coefficient (Wildman–Crippen LogP) is 0.508. The summed E-state index contributed by atoms with van der Waals surface area (Å²) in [5, 5.41) is 11.9. The molecule has 2 unspecified atom stereocenters. The van der Waals surface area contributed by atoms with Crippen LogP contribution in [-0.4, -0.2) is 24.2 Å². The molecule has 3 heteroatoms. The molecular weight excluding hydrogens is 178 g/mol. The van der Waals surface area contributed by atoms with Gasteiger partial charge in [0.05, 0.1) is 5.92 Å². The molecule has 14 heavy (non-hydrogen) atoms. The van der Waals surface area contributed by atoms with Crippen LogP contribution in [0.1, 0.15) is 11.5 Å². The number of benzene rings is 1. The van der Waals surface area contributed by atoms with E-state index in [-0.39, 0.29) is 24.3 Å². The van der Waals surface area contributed by atoms with E-state index in [9.17, 15) is 4.79 Å². The summed E-state index contributed by atoms with van der Waals surface area (Å²) in [7, 11) is 0. The summed E-state index contributed by atoms with van der Waals surface area (Å²) in [4.78, 5) is 11.5. The maximum atomic E-state index is 11.5. The maximum absolute atomic E-state index is 11.5. The van der Waals surface area contributed by atoms with Gasteiger partial charge in [-0.2, -0.15) is 0 Å². The highest BCUT2D eigenvalue weighted by molar-refractivity contribution is 5.86. The topological polar surface area (TPSA) is 49.3 Å². The Labute approximate surface area is 82.8 Å². The lowest BCUT2D eigenvalue weighted by Crippen LogP contribution is -2.18. The van der Waals surface area contributed by atoms with E-state index in [4.69, 9.17) is 5.11 Å². The van der Waals surface area contributed by atoms with Gasteiger partial charge in [0.25, 0.3) is 0 Å². The average Bonchev–Trinajstić information content (AvgIpc) is 2.61. The Balaban J connectivity index is 2.28. The lowest BCUT2D eigenvalue weighted by Gasteiger charge is -2.13. The van der Waals surface area contributed by atoms with E-state index >= 15 is 0 Å². The summed E-state index contributed by atoms with van der Waals surface area (Å²) in [6.45, 7) is 0.632. The third-order valence-electron chi connectivity index (χ3n) is 2.69. The van der Waals surface area contributed by atoms with Gasteiger partial charge < -0.3 is 10.4 Å². The SMILES string of the molecule is O=C1NCC(CO)C1c1ccccc1. The van der Waals surface area contributed by atoms with Crippen molar-refractivity contribution in [2.24, 2.45) is 5.92 Å². The number of carbonyl (C=O) groups excluding carboxylic acids is 1. The first-order chi connectivity index (χ1) is 6.83. The molecule has 1 aliphatic rings. The van der Waals surface area contributed by atoms with Gasteiger partial charge in [-0.15, -0.1) is 0 Å². The second kappa shape index (κ2) is 3.80. The van der Waals surface area contributed by atoms with Crippen LogP contribution in [-0.2, 0) is 4.79 Å². The van der Waals surface area contributed by atoms with Crippen LogP contribution in [0.25, 0.3) is 0 Å². The molecule has 0 aromatic heterocycles. The Kier molecular flexibility index (Phi) is 2.50. The lowest BCUT2D eigenvalue weighted by atomic mass is 9.89. The van der Waals surface area contributed by atoms with Gasteiger partial charge in [-0.05, 0) is 5.56 Å². The lowest BCUT2D eigenvalue weighted by molar-refractivity contribution is -0.120. The fraction of sp³-hybridized carbons (Fsp3) is 0.364. The molecule has 0 radical (unpaired) electrons. The van der Waals surface area contributed by atoms with Crippen LogP contribution in [0.2, 0.25) is 0 Å². The first-order valence-electron chi connectivity index (χ1n) is 4.76. The summed E-state index contributed by atoms with van der Waals surface area (Å²) in [6.07, 6.45) is 0. The minimum atomic E-state index is -0.179. The van der Waals surface area contributed by atoms with E-state index in [1.54, 1.807) is 0 Å². The standard InChI is InChI=1S/C11H13NO2/c13-7-9-6-12-11(14)10(9)8-4-2-1-3-5-8/h1-5,9-10,13H,6-7H2,(H,12,14). The molecule has 3 nitrogen and oxygen atoms in total. The van der Waals surface area contributed by atoms with Crippen LogP contribution < -0.4 is 5.32 Å². The summed E-state index contributed by atoms with van der Waals surface area (Å²) in [6, 6.07) is 9.60. The van der Waals surface area contributed by atoms with Crippen molar-refractivity contribution in [3.8, 4) is 0 Å². The average molecular weight is 191 g/mol. The third kappa shape index (κ3) is 1.51. The molecule has 0 spiro atoms. The van der Waals surface area contributed by atoms with Crippen molar-refractivity contribution in [2.45, 2.75) is 5.92 Å². The molecular formula is C11H13NO2. The van der Waals surface area contributed by atoms with Crippen LogP contribution in [0.15, 0.2) is 30.3 Å². The normalized spacial score (nSPS) is 26.2. The zero-order valence-corrected chi connectivity index (χ0v) is 7.81. The van der Waals surface area contributed by atoms with Crippen molar-refractivity contribution in [1.82, 2.24) is 5.32 Å². The van der Waals surface area contributed by atoms with Crippen molar-refractivity contribution in [2.75, 3.05) is 13.2 Å². The van der Waals surface area contributed by atoms with E-state index in [1.165, 1.54) is 0 Å². The quantitative estimate of drug-likeness (QED) is 0.715. The molecule has 2 N–H and O–H groups in total. The van der Waals surface area contributed by atoms with Crippen molar-refractivity contribution in [1.29, 1.82) is 0 Å². The Morgan fingerprint density at radius 3 is 2.71 bits per heavy atom. The molecule has 1 aliphatic heterocycles. The fourth-order valence-electron chi connectivity index (χ4n) is 1.93. The van der Waals surface area contributed by atoms with Gasteiger partial charge in [0, 0.05) is 19.1 Å². The fourth-order valence-corrected chi connectivity index (χ4v) is 1.93.